The summed E-state index contributed by atoms with van der Waals surface area (Å²) in [4.78, 5) is 2.68. The second-order valence-corrected chi connectivity index (χ2v) is 7.42. The molecule has 0 spiro atoms. The molecule has 1 aliphatic carbocycles. The first kappa shape index (κ1) is 15.9. The summed E-state index contributed by atoms with van der Waals surface area (Å²) in [5, 5.41) is 9.29. The van der Waals surface area contributed by atoms with E-state index in [0.29, 0.717) is 6.04 Å². The minimum absolute atomic E-state index is 0.288. The van der Waals surface area contributed by atoms with E-state index in [2.05, 4.69) is 65.6 Å². The van der Waals surface area contributed by atoms with Gasteiger partial charge < -0.3 is 5.11 Å². The summed E-state index contributed by atoms with van der Waals surface area (Å²) in [6, 6.07) is 22.4. The van der Waals surface area contributed by atoms with Gasteiger partial charge in [-0.05, 0) is 48.1 Å². The van der Waals surface area contributed by atoms with E-state index < -0.39 is 0 Å². The molecule has 4 rings (SSSR count). The molecular formula is C22H27NO. The van der Waals surface area contributed by atoms with E-state index in [-0.39, 0.29) is 6.61 Å². The zero-order valence-electron chi connectivity index (χ0n) is 14.2. The molecule has 0 amide bonds. The largest absolute Gasteiger partial charge is 0.396 e. The van der Waals surface area contributed by atoms with Crippen molar-refractivity contribution in [2.24, 2.45) is 11.8 Å². The first-order chi connectivity index (χ1) is 11.9. The molecule has 2 aliphatic rings. The van der Waals surface area contributed by atoms with Crippen molar-refractivity contribution in [3.8, 4) is 0 Å². The van der Waals surface area contributed by atoms with Gasteiger partial charge in [0.25, 0.3) is 0 Å². The molecule has 1 aliphatic heterocycles. The number of hydrogen-bond acceptors (Lipinski definition) is 2. The average Bonchev–Trinajstić information content (AvgIpc) is 2.94. The Kier molecular flexibility index (Phi) is 4.68. The summed E-state index contributed by atoms with van der Waals surface area (Å²) in [5.74, 6) is 2.42. The molecule has 1 saturated heterocycles. The molecule has 126 valence electrons. The van der Waals surface area contributed by atoms with Crippen molar-refractivity contribution in [1.82, 2.24) is 4.90 Å². The van der Waals surface area contributed by atoms with E-state index in [9.17, 15) is 5.11 Å². The van der Waals surface area contributed by atoms with Crippen molar-refractivity contribution in [1.29, 1.82) is 0 Å². The predicted octanol–water partition coefficient (Wildman–Crippen LogP) is 4.24. The van der Waals surface area contributed by atoms with Gasteiger partial charge in [-0.1, -0.05) is 60.7 Å². The highest BCUT2D eigenvalue weighted by Gasteiger charge is 2.48. The second kappa shape index (κ2) is 7.08. The van der Waals surface area contributed by atoms with E-state index in [1.54, 1.807) is 0 Å². The number of aliphatic hydroxyl groups is 1. The summed E-state index contributed by atoms with van der Waals surface area (Å²) >= 11 is 0. The number of fused-ring (bicyclic) bond motifs is 1. The van der Waals surface area contributed by atoms with Crippen molar-refractivity contribution >= 4 is 0 Å². The summed E-state index contributed by atoms with van der Waals surface area (Å²) < 4.78 is 0. The lowest BCUT2D eigenvalue weighted by molar-refractivity contribution is 0.190. The van der Waals surface area contributed by atoms with Gasteiger partial charge in [0.15, 0.2) is 0 Å². The molecule has 24 heavy (non-hydrogen) atoms. The van der Waals surface area contributed by atoms with Gasteiger partial charge >= 0.3 is 0 Å². The van der Waals surface area contributed by atoms with Crippen LogP contribution in [0.2, 0.25) is 0 Å². The lowest BCUT2D eigenvalue weighted by Gasteiger charge is -2.40. The fraction of sp³-hybridized carbons (Fsp3) is 0.455. The van der Waals surface area contributed by atoms with Crippen LogP contribution in [0.4, 0.5) is 0 Å². The van der Waals surface area contributed by atoms with Gasteiger partial charge in [0.05, 0.1) is 0 Å². The quantitative estimate of drug-likeness (QED) is 0.860. The van der Waals surface area contributed by atoms with Crippen molar-refractivity contribution in [2.45, 2.75) is 31.2 Å². The Bertz CT molecular complexity index is 642. The highest BCUT2D eigenvalue weighted by Crippen LogP contribution is 2.52. The Labute approximate surface area is 145 Å². The third kappa shape index (κ3) is 3.01. The summed E-state index contributed by atoms with van der Waals surface area (Å²) in [6.45, 7) is 2.71. The van der Waals surface area contributed by atoms with Crippen LogP contribution < -0.4 is 0 Å². The molecule has 2 aromatic rings. The minimum Gasteiger partial charge on any atom is -0.396 e. The van der Waals surface area contributed by atoms with Gasteiger partial charge in [-0.15, -0.1) is 0 Å². The highest BCUT2D eigenvalue weighted by atomic mass is 16.2. The van der Waals surface area contributed by atoms with Crippen molar-refractivity contribution in [3.63, 3.8) is 0 Å². The predicted molar refractivity (Wildman–Crippen MR) is 97.9 cm³/mol. The molecule has 0 radical (unpaired) electrons. The third-order valence-corrected chi connectivity index (χ3v) is 6.08. The Morgan fingerprint density at radius 3 is 2.38 bits per heavy atom. The molecule has 2 heteroatoms. The Balaban J connectivity index is 1.48. The van der Waals surface area contributed by atoms with Crippen LogP contribution in [0.5, 0.6) is 0 Å². The van der Waals surface area contributed by atoms with Gasteiger partial charge in [-0.3, -0.25) is 4.90 Å². The maximum absolute atomic E-state index is 9.29. The molecular weight excluding hydrogens is 294 g/mol. The van der Waals surface area contributed by atoms with E-state index in [0.717, 1.165) is 30.6 Å². The maximum Gasteiger partial charge on any atom is 0.0431 e. The van der Waals surface area contributed by atoms with Crippen LogP contribution >= 0.6 is 0 Å². The van der Waals surface area contributed by atoms with Gasteiger partial charge in [0.1, 0.15) is 0 Å². The zero-order valence-corrected chi connectivity index (χ0v) is 14.2. The topological polar surface area (TPSA) is 23.5 Å². The van der Waals surface area contributed by atoms with Crippen LogP contribution in [0.25, 0.3) is 0 Å². The van der Waals surface area contributed by atoms with Crippen LogP contribution in [-0.2, 0) is 0 Å². The van der Waals surface area contributed by atoms with Gasteiger partial charge in [0, 0.05) is 25.7 Å². The number of aliphatic hydroxyl groups excluding tert-OH is 1. The first-order valence-electron chi connectivity index (χ1n) is 9.31. The minimum atomic E-state index is 0.288. The summed E-state index contributed by atoms with van der Waals surface area (Å²) in [7, 11) is 0. The molecule has 1 N–H and O–H groups in total. The number of rotatable bonds is 6. The van der Waals surface area contributed by atoms with Crippen LogP contribution in [0, 0.1) is 11.8 Å². The molecule has 4 unspecified atom stereocenters. The maximum atomic E-state index is 9.29. The Morgan fingerprint density at radius 1 is 0.958 bits per heavy atom. The molecule has 2 fully saturated rings. The van der Waals surface area contributed by atoms with Gasteiger partial charge in [-0.2, -0.15) is 0 Å². The van der Waals surface area contributed by atoms with Gasteiger partial charge in [0.2, 0.25) is 0 Å². The van der Waals surface area contributed by atoms with Crippen molar-refractivity contribution in [2.75, 3.05) is 19.7 Å². The van der Waals surface area contributed by atoms with Crippen LogP contribution in [-0.4, -0.2) is 29.7 Å². The molecule has 0 aromatic heterocycles. The van der Waals surface area contributed by atoms with Crippen LogP contribution in [0.3, 0.4) is 0 Å². The number of hydrogen-bond donors (Lipinski definition) is 1. The molecule has 1 heterocycles. The lowest BCUT2D eigenvalue weighted by atomic mass is 9.64. The zero-order chi connectivity index (χ0) is 16.4. The normalized spacial score (nSPS) is 27.5. The second-order valence-electron chi connectivity index (χ2n) is 7.42. The third-order valence-electron chi connectivity index (χ3n) is 6.08. The number of likely N-dealkylation sites (tertiary alicyclic amines) is 1. The molecule has 0 bridgehead atoms. The average molecular weight is 321 g/mol. The first-order valence-corrected chi connectivity index (χ1v) is 9.31. The fourth-order valence-electron chi connectivity index (χ4n) is 4.80. The Hall–Kier alpha value is -1.64. The van der Waals surface area contributed by atoms with Crippen molar-refractivity contribution < 1.29 is 5.11 Å². The van der Waals surface area contributed by atoms with E-state index >= 15 is 0 Å². The van der Waals surface area contributed by atoms with E-state index in [1.807, 2.05) is 0 Å². The standard InChI is InChI=1S/C22H27NO/c24-13-7-12-22(18-10-5-2-6-11-18)23-15-19-14-20(21(19)16-23)17-8-3-1-4-9-17/h1-6,8-11,19-22,24H,7,12-16H2. The van der Waals surface area contributed by atoms with Crippen molar-refractivity contribution in [3.05, 3.63) is 71.8 Å². The van der Waals surface area contributed by atoms with Gasteiger partial charge in [-0.25, -0.2) is 0 Å². The SMILES string of the molecule is OCCCC(c1ccccc1)N1CC2CC(c3ccccc3)C2C1. The smallest absolute Gasteiger partial charge is 0.0431 e. The molecule has 4 atom stereocenters. The van der Waals surface area contributed by atoms with E-state index in [4.69, 9.17) is 0 Å². The molecule has 1 saturated carbocycles. The summed E-state index contributed by atoms with van der Waals surface area (Å²) in [5.41, 5.74) is 2.93. The Morgan fingerprint density at radius 2 is 1.67 bits per heavy atom. The van der Waals surface area contributed by atoms with E-state index in [1.165, 1.54) is 30.6 Å². The van der Waals surface area contributed by atoms with Crippen LogP contribution in [0.15, 0.2) is 60.7 Å². The van der Waals surface area contributed by atoms with Crippen LogP contribution in [0.1, 0.15) is 42.3 Å². The highest BCUT2D eigenvalue weighted by molar-refractivity contribution is 5.26. The lowest BCUT2D eigenvalue weighted by Crippen LogP contribution is -2.33. The molecule has 2 aromatic carbocycles. The fourth-order valence-corrected chi connectivity index (χ4v) is 4.80. The monoisotopic (exact) mass is 321 g/mol. The molecule has 2 nitrogen and oxygen atoms in total. The number of nitrogens with zero attached hydrogens (tertiary/aromatic N) is 1. The number of benzene rings is 2. The summed E-state index contributed by atoms with van der Waals surface area (Å²) in [6.07, 6.45) is 3.27.